The number of carboxylic acids is 1. The van der Waals surface area contributed by atoms with Gasteiger partial charge in [0.2, 0.25) is 5.89 Å². The molecule has 5 aromatic rings. The van der Waals surface area contributed by atoms with Crippen LogP contribution in [0.3, 0.4) is 0 Å². The third-order valence-corrected chi connectivity index (χ3v) is 6.70. The molecule has 0 aliphatic heterocycles. The van der Waals surface area contributed by atoms with Gasteiger partial charge in [0.05, 0.1) is 12.3 Å². The number of ether oxygens (including phenoxy) is 3. The van der Waals surface area contributed by atoms with Crippen molar-refractivity contribution in [2.75, 3.05) is 6.61 Å². The molecule has 1 N–H and O–H groups in total. The maximum atomic E-state index is 12.6. The summed E-state index contributed by atoms with van der Waals surface area (Å²) >= 11 is 0. The molecule has 1 aromatic heterocycles. The fraction of sp³-hybridized carbons (Fsp3) is 0.171. The van der Waals surface area contributed by atoms with Crippen molar-refractivity contribution < 1.29 is 33.3 Å². The molecule has 0 saturated heterocycles. The van der Waals surface area contributed by atoms with Crippen LogP contribution in [0.25, 0.3) is 11.5 Å². The number of benzene rings is 4. The highest BCUT2D eigenvalue weighted by molar-refractivity contribution is 6.09. The summed E-state index contributed by atoms with van der Waals surface area (Å²) in [5.41, 5.74) is 1.52. The summed E-state index contributed by atoms with van der Waals surface area (Å²) in [7, 11) is 0. The molecule has 8 nitrogen and oxygen atoms in total. The lowest BCUT2D eigenvalue weighted by Gasteiger charge is -2.21. The lowest BCUT2D eigenvalue weighted by atomic mass is 10.0. The number of aliphatic carboxylic acids is 1. The third-order valence-electron chi connectivity index (χ3n) is 6.70. The number of carboxylic acid groups (broad SMARTS) is 1. The molecule has 0 unspecified atom stereocenters. The maximum Gasteiger partial charge on any atom is 0.347 e. The van der Waals surface area contributed by atoms with Crippen molar-refractivity contribution in [1.29, 1.82) is 0 Å². The number of hydrogen-bond acceptors (Lipinski definition) is 7. The molecule has 0 amide bonds. The minimum atomic E-state index is -1.32. The smallest absolute Gasteiger partial charge is 0.347 e. The average molecular weight is 578 g/mol. The number of nitrogens with zero attached hydrogens (tertiary/aromatic N) is 1. The van der Waals surface area contributed by atoms with Crippen LogP contribution >= 0.6 is 0 Å². The summed E-state index contributed by atoms with van der Waals surface area (Å²) in [6, 6.07) is 30.5. The standard InChI is InChI=1S/C35H31NO7/c1-23-31(21-22-40-27-17-19-30(20-18-27)43-35(2,3)34(38)39)36-33(41-23)26-11-15-29(16-12-26)42-28-13-9-25(10-14-28)32(37)24-7-5-4-6-8-24/h4-20H,21-22H2,1-3H3,(H,38,39). The van der Waals surface area contributed by atoms with Gasteiger partial charge in [0, 0.05) is 23.1 Å². The second kappa shape index (κ2) is 12.7. The van der Waals surface area contributed by atoms with E-state index in [0.29, 0.717) is 58.8 Å². The van der Waals surface area contributed by atoms with Crippen molar-refractivity contribution in [2.45, 2.75) is 32.8 Å². The molecule has 0 fully saturated rings. The minimum absolute atomic E-state index is 0.0356. The number of hydrogen-bond donors (Lipinski definition) is 1. The molecule has 0 radical (unpaired) electrons. The van der Waals surface area contributed by atoms with Crippen molar-refractivity contribution in [3.05, 3.63) is 126 Å². The highest BCUT2D eigenvalue weighted by Gasteiger charge is 2.29. The minimum Gasteiger partial charge on any atom is -0.493 e. The van der Waals surface area contributed by atoms with Crippen LogP contribution < -0.4 is 14.2 Å². The Balaban J connectivity index is 1.14. The second-order valence-electron chi connectivity index (χ2n) is 10.4. The zero-order chi connectivity index (χ0) is 30.4. The first-order chi connectivity index (χ1) is 20.7. The zero-order valence-electron chi connectivity index (χ0n) is 24.1. The van der Waals surface area contributed by atoms with E-state index in [-0.39, 0.29) is 5.78 Å². The van der Waals surface area contributed by atoms with E-state index < -0.39 is 11.6 Å². The lowest BCUT2D eigenvalue weighted by Crippen LogP contribution is -2.37. The van der Waals surface area contributed by atoms with Gasteiger partial charge in [-0.2, -0.15) is 0 Å². The van der Waals surface area contributed by atoms with Crippen molar-refractivity contribution in [1.82, 2.24) is 4.98 Å². The van der Waals surface area contributed by atoms with Crippen molar-refractivity contribution in [3.63, 3.8) is 0 Å². The van der Waals surface area contributed by atoms with E-state index in [9.17, 15) is 14.7 Å². The monoisotopic (exact) mass is 577 g/mol. The molecule has 0 saturated carbocycles. The quantitative estimate of drug-likeness (QED) is 0.152. The highest BCUT2D eigenvalue weighted by Crippen LogP contribution is 2.28. The average Bonchev–Trinajstić information content (AvgIpc) is 3.38. The predicted molar refractivity (Wildman–Crippen MR) is 161 cm³/mol. The van der Waals surface area contributed by atoms with E-state index in [0.717, 1.165) is 11.3 Å². The van der Waals surface area contributed by atoms with Crippen LogP contribution in [0.1, 0.15) is 41.2 Å². The molecule has 218 valence electrons. The van der Waals surface area contributed by atoms with Crippen LogP contribution in [0.5, 0.6) is 23.0 Å². The largest absolute Gasteiger partial charge is 0.493 e. The van der Waals surface area contributed by atoms with E-state index in [1.54, 1.807) is 60.7 Å². The summed E-state index contributed by atoms with van der Waals surface area (Å²) in [4.78, 5) is 28.5. The van der Waals surface area contributed by atoms with E-state index in [1.807, 2.05) is 49.4 Å². The number of oxazole rings is 1. The topological polar surface area (TPSA) is 108 Å². The molecule has 5 rings (SSSR count). The summed E-state index contributed by atoms with van der Waals surface area (Å²) in [5.74, 6) is 2.49. The lowest BCUT2D eigenvalue weighted by molar-refractivity contribution is -0.152. The first-order valence-electron chi connectivity index (χ1n) is 13.8. The number of aryl methyl sites for hydroxylation is 1. The summed E-state index contributed by atoms with van der Waals surface area (Å²) in [6.07, 6.45) is 0.545. The van der Waals surface area contributed by atoms with E-state index in [2.05, 4.69) is 4.98 Å². The molecule has 4 aromatic carbocycles. The zero-order valence-corrected chi connectivity index (χ0v) is 24.1. The van der Waals surface area contributed by atoms with Gasteiger partial charge >= 0.3 is 5.97 Å². The van der Waals surface area contributed by atoms with Gasteiger partial charge in [-0.25, -0.2) is 9.78 Å². The van der Waals surface area contributed by atoms with Gasteiger partial charge in [0.1, 0.15) is 28.8 Å². The number of carbonyl (C=O) groups excluding carboxylic acids is 1. The Labute approximate surface area is 249 Å². The van der Waals surface area contributed by atoms with Crippen molar-refractivity contribution in [2.24, 2.45) is 0 Å². The Morgan fingerprint density at radius 3 is 1.95 bits per heavy atom. The molecular weight excluding hydrogens is 546 g/mol. The van der Waals surface area contributed by atoms with Gasteiger partial charge in [-0.15, -0.1) is 0 Å². The molecule has 0 bridgehead atoms. The van der Waals surface area contributed by atoms with Gasteiger partial charge in [0.15, 0.2) is 11.4 Å². The molecule has 0 aliphatic carbocycles. The Hall–Kier alpha value is -5.37. The van der Waals surface area contributed by atoms with Crippen LogP contribution in [0.4, 0.5) is 0 Å². The van der Waals surface area contributed by atoms with Crippen LogP contribution in [0.15, 0.2) is 108 Å². The molecule has 1 heterocycles. The summed E-state index contributed by atoms with van der Waals surface area (Å²) in [5, 5.41) is 9.22. The molecule has 8 heteroatoms. The van der Waals surface area contributed by atoms with Crippen LogP contribution in [0.2, 0.25) is 0 Å². The summed E-state index contributed by atoms with van der Waals surface area (Å²) < 4.78 is 23.2. The predicted octanol–water partition coefficient (Wildman–Crippen LogP) is 7.54. The SMILES string of the molecule is Cc1oc(-c2ccc(Oc3ccc(C(=O)c4ccccc4)cc3)cc2)nc1CCOc1ccc(OC(C)(C)C(=O)O)cc1. The van der Waals surface area contributed by atoms with Gasteiger partial charge < -0.3 is 23.7 Å². The van der Waals surface area contributed by atoms with Gasteiger partial charge in [-0.1, -0.05) is 30.3 Å². The Morgan fingerprint density at radius 1 is 0.767 bits per heavy atom. The molecule has 0 spiro atoms. The highest BCUT2D eigenvalue weighted by atomic mass is 16.5. The van der Waals surface area contributed by atoms with E-state index in [1.165, 1.54) is 13.8 Å². The fourth-order valence-electron chi connectivity index (χ4n) is 4.22. The molecule has 0 aliphatic rings. The van der Waals surface area contributed by atoms with Gasteiger partial charge in [0.25, 0.3) is 0 Å². The van der Waals surface area contributed by atoms with E-state index >= 15 is 0 Å². The maximum absolute atomic E-state index is 12.6. The number of ketones is 1. The Bertz CT molecular complexity index is 1690. The van der Waals surface area contributed by atoms with Gasteiger partial charge in [-0.05, 0) is 93.6 Å². The normalized spacial score (nSPS) is 11.1. The van der Waals surface area contributed by atoms with Crippen molar-refractivity contribution >= 4 is 11.8 Å². The first kappa shape index (κ1) is 29.1. The molecule has 0 atom stereocenters. The van der Waals surface area contributed by atoms with Crippen LogP contribution in [-0.4, -0.2) is 34.1 Å². The Morgan fingerprint density at radius 2 is 1.33 bits per heavy atom. The van der Waals surface area contributed by atoms with E-state index in [4.69, 9.17) is 18.6 Å². The van der Waals surface area contributed by atoms with Crippen molar-refractivity contribution in [3.8, 4) is 34.5 Å². The Kier molecular flexibility index (Phi) is 8.57. The first-order valence-corrected chi connectivity index (χ1v) is 13.8. The number of rotatable bonds is 12. The number of aromatic nitrogens is 1. The van der Waals surface area contributed by atoms with Crippen LogP contribution in [-0.2, 0) is 11.2 Å². The van der Waals surface area contributed by atoms with Gasteiger partial charge in [-0.3, -0.25) is 4.79 Å². The second-order valence-corrected chi connectivity index (χ2v) is 10.4. The molecular formula is C35H31NO7. The van der Waals surface area contributed by atoms with Crippen LogP contribution in [0, 0.1) is 6.92 Å². The molecule has 43 heavy (non-hydrogen) atoms. The third kappa shape index (κ3) is 7.29. The fourth-order valence-corrected chi connectivity index (χ4v) is 4.22. The number of carbonyl (C=O) groups is 2. The summed E-state index contributed by atoms with van der Waals surface area (Å²) in [6.45, 7) is 5.24.